The Bertz CT molecular complexity index is 1290. The molecule has 0 unspecified atom stereocenters. The van der Waals surface area contributed by atoms with Gasteiger partial charge in [0.2, 0.25) is 0 Å². The maximum absolute atomic E-state index is 13.1. The number of hydrogen-bond acceptors (Lipinski definition) is 6. The number of nitrogens with zero attached hydrogens (tertiary/aromatic N) is 1. The Hall–Kier alpha value is -3.98. The fraction of sp³-hybridized carbons (Fsp3) is 0.0800. The first-order valence-corrected chi connectivity index (χ1v) is 10.8. The number of benzene rings is 3. The third kappa shape index (κ3) is 5.15. The first-order valence-electron chi connectivity index (χ1n) is 9.99. The summed E-state index contributed by atoms with van der Waals surface area (Å²) in [4.78, 5) is 38.7. The van der Waals surface area contributed by atoms with Crippen LogP contribution in [0.2, 0.25) is 0 Å². The second kappa shape index (κ2) is 9.88. The lowest BCUT2D eigenvalue weighted by Gasteiger charge is -2.12. The van der Waals surface area contributed by atoms with E-state index in [9.17, 15) is 23.2 Å². The van der Waals surface area contributed by atoms with Crippen molar-refractivity contribution in [2.75, 3.05) is 7.11 Å². The quantitative estimate of drug-likeness (QED) is 0.266. The Morgan fingerprint density at radius 3 is 2.24 bits per heavy atom. The largest absolute Gasteiger partial charge is 0.493 e. The van der Waals surface area contributed by atoms with E-state index in [4.69, 9.17) is 9.47 Å². The molecule has 0 aliphatic carbocycles. The van der Waals surface area contributed by atoms with Crippen LogP contribution in [0, 0.1) is 11.6 Å². The Morgan fingerprint density at radius 1 is 0.941 bits per heavy atom. The molecule has 0 radical (unpaired) electrons. The zero-order chi connectivity index (χ0) is 24.2. The van der Waals surface area contributed by atoms with Crippen molar-refractivity contribution < 1.29 is 32.6 Å². The van der Waals surface area contributed by atoms with Gasteiger partial charge in [-0.1, -0.05) is 18.2 Å². The third-order valence-electron chi connectivity index (χ3n) is 4.90. The fourth-order valence-corrected chi connectivity index (χ4v) is 4.00. The van der Waals surface area contributed by atoms with E-state index in [0.717, 1.165) is 28.8 Å². The molecule has 9 heteroatoms. The molecule has 1 saturated heterocycles. The first-order chi connectivity index (χ1) is 16.3. The molecule has 172 valence electrons. The average Bonchev–Trinajstić information content (AvgIpc) is 3.09. The number of thioether (sulfide) groups is 1. The Kier molecular flexibility index (Phi) is 6.74. The van der Waals surface area contributed by atoms with Crippen molar-refractivity contribution >= 4 is 35.0 Å². The van der Waals surface area contributed by atoms with E-state index in [-0.39, 0.29) is 28.5 Å². The van der Waals surface area contributed by atoms with Crippen LogP contribution in [0.15, 0.2) is 71.6 Å². The number of carbonyl (C=O) groups is 3. The van der Waals surface area contributed by atoms with E-state index in [1.54, 1.807) is 12.1 Å². The summed E-state index contributed by atoms with van der Waals surface area (Å²) in [6.45, 7) is 0.0316. The molecular weight excluding hydrogens is 464 g/mol. The van der Waals surface area contributed by atoms with Crippen LogP contribution >= 0.6 is 11.8 Å². The number of hydrogen-bond donors (Lipinski definition) is 0. The molecule has 0 N–H and O–H groups in total. The van der Waals surface area contributed by atoms with Crippen LogP contribution in [0.4, 0.5) is 13.6 Å². The van der Waals surface area contributed by atoms with Gasteiger partial charge in [0.05, 0.1) is 24.1 Å². The minimum atomic E-state index is -0.687. The van der Waals surface area contributed by atoms with Gasteiger partial charge < -0.3 is 9.47 Å². The summed E-state index contributed by atoms with van der Waals surface area (Å²) in [5.41, 5.74) is 1.34. The third-order valence-corrected chi connectivity index (χ3v) is 5.80. The minimum absolute atomic E-state index is 0.0316. The highest BCUT2D eigenvalue weighted by Gasteiger charge is 2.35. The van der Waals surface area contributed by atoms with Gasteiger partial charge in [-0.25, -0.2) is 13.6 Å². The molecule has 0 aromatic heterocycles. The summed E-state index contributed by atoms with van der Waals surface area (Å²) in [5.74, 6) is -1.66. The number of amides is 2. The van der Waals surface area contributed by atoms with Gasteiger partial charge in [-0.05, 0) is 77.5 Å². The molecule has 0 saturated carbocycles. The van der Waals surface area contributed by atoms with Gasteiger partial charge in [-0.2, -0.15) is 0 Å². The summed E-state index contributed by atoms with van der Waals surface area (Å²) in [5, 5.41) is -0.433. The fourth-order valence-electron chi connectivity index (χ4n) is 3.16. The first kappa shape index (κ1) is 23.2. The summed E-state index contributed by atoms with van der Waals surface area (Å²) in [6.07, 6.45) is 1.53. The topological polar surface area (TPSA) is 72.9 Å². The minimum Gasteiger partial charge on any atom is -0.493 e. The predicted octanol–water partition coefficient (Wildman–Crippen LogP) is 5.43. The second-order valence-corrected chi connectivity index (χ2v) is 8.19. The van der Waals surface area contributed by atoms with Crippen molar-refractivity contribution in [2.45, 2.75) is 6.54 Å². The molecule has 1 aliphatic rings. The molecule has 1 fully saturated rings. The number of rotatable bonds is 6. The number of esters is 1. The van der Waals surface area contributed by atoms with E-state index in [0.29, 0.717) is 11.1 Å². The number of imide groups is 1. The van der Waals surface area contributed by atoms with Crippen molar-refractivity contribution in [2.24, 2.45) is 0 Å². The molecule has 4 rings (SSSR count). The summed E-state index contributed by atoms with van der Waals surface area (Å²) >= 11 is 0.793. The standard InChI is InChI=1S/C25H17F2NO5S/c1-32-21-12-16(4-11-20(21)33-24(30)17-5-9-19(27)10-6-17)13-22-23(29)28(25(31)34-22)14-15-2-7-18(26)8-3-15/h2-13H,14H2,1H3/b22-13-. The molecule has 1 heterocycles. The summed E-state index contributed by atoms with van der Waals surface area (Å²) in [7, 11) is 1.39. The highest BCUT2D eigenvalue weighted by Crippen LogP contribution is 2.35. The maximum atomic E-state index is 13.1. The van der Waals surface area contributed by atoms with Crippen molar-refractivity contribution in [1.29, 1.82) is 0 Å². The summed E-state index contributed by atoms with van der Waals surface area (Å²) < 4.78 is 36.8. The maximum Gasteiger partial charge on any atom is 0.343 e. The molecule has 6 nitrogen and oxygen atoms in total. The van der Waals surface area contributed by atoms with E-state index in [2.05, 4.69) is 0 Å². The Morgan fingerprint density at radius 2 is 1.59 bits per heavy atom. The van der Waals surface area contributed by atoms with Gasteiger partial charge >= 0.3 is 5.97 Å². The van der Waals surface area contributed by atoms with E-state index < -0.39 is 28.8 Å². The van der Waals surface area contributed by atoms with Gasteiger partial charge in [0.25, 0.3) is 11.1 Å². The van der Waals surface area contributed by atoms with Crippen LogP contribution in [0.3, 0.4) is 0 Å². The van der Waals surface area contributed by atoms with E-state index in [1.807, 2.05) is 0 Å². The van der Waals surface area contributed by atoms with Gasteiger partial charge in [0, 0.05) is 0 Å². The molecule has 2 amide bonds. The Labute approximate surface area is 197 Å². The van der Waals surface area contributed by atoms with Crippen LogP contribution in [-0.4, -0.2) is 29.1 Å². The lowest BCUT2D eigenvalue weighted by atomic mass is 10.1. The second-order valence-electron chi connectivity index (χ2n) is 7.20. The smallest absolute Gasteiger partial charge is 0.343 e. The van der Waals surface area contributed by atoms with Crippen LogP contribution in [0.25, 0.3) is 6.08 Å². The molecule has 3 aromatic rings. The van der Waals surface area contributed by atoms with Crippen molar-refractivity contribution in [1.82, 2.24) is 4.90 Å². The van der Waals surface area contributed by atoms with Gasteiger partial charge in [0.1, 0.15) is 11.6 Å². The monoisotopic (exact) mass is 481 g/mol. The SMILES string of the molecule is COc1cc(/C=C2\SC(=O)N(Cc3ccc(F)cc3)C2=O)ccc1OC(=O)c1ccc(F)cc1. The van der Waals surface area contributed by atoms with Crippen molar-refractivity contribution in [3.05, 3.63) is 100.0 Å². The van der Waals surface area contributed by atoms with E-state index in [1.165, 1.54) is 55.7 Å². The zero-order valence-electron chi connectivity index (χ0n) is 17.8. The molecule has 0 atom stereocenters. The molecule has 3 aromatic carbocycles. The van der Waals surface area contributed by atoms with Gasteiger partial charge in [-0.3, -0.25) is 14.5 Å². The zero-order valence-corrected chi connectivity index (χ0v) is 18.6. The van der Waals surface area contributed by atoms with E-state index >= 15 is 0 Å². The predicted molar refractivity (Wildman–Crippen MR) is 122 cm³/mol. The Balaban J connectivity index is 1.50. The lowest BCUT2D eigenvalue weighted by Crippen LogP contribution is -2.27. The number of ether oxygens (including phenoxy) is 2. The lowest BCUT2D eigenvalue weighted by molar-refractivity contribution is -0.123. The van der Waals surface area contributed by atoms with Crippen LogP contribution < -0.4 is 9.47 Å². The number of halogens is 2. The molecular formula is C25H17F2NO5S. The van der Waals surface area contributed by atoms with Crippen molar-refractivity contribution in [3.8, 4) is 11.5 Å². The molecule has 0 spiro atoms. The highest BCUT2D eigenvalue weighted by molar-refractivity contribution is 8.18. The normalized spacial score (nSPS) is 14.6. The number of carbonyl (C=O) groups excluding carboxylic acids is 3. The summed E-state index contributed by atoms with van der Waals surface area (Å²) in [6, 6.07) is 15.1. The molecule has 34 heavy (non-hydrogen) atoms. The number of methoxy groups -OCH3 is 1. The van der Waals surface area contributed by atoms with Gasteiger partial charge in [0.15, 0.2) is 11.5 Å². The highest BCUT2D eigenvalue weighted by atomic mass is 32.2. The van der Waals surface area contributed by atoms with Crippen molar-refractivity contribution in [3.63, 3.8) is 0 Å². The average molecular weight is 481 g/mol. The van der Waals surface area contributed by atoms with Crippen LogP contribution in [0.5, 0.6) is 11.5 Å². The van der Waals surface area contributed by atoms with Gasteiger partial charge in [-0.15, -0.1) is 0 Å². The molecule has 0 bridgehead atoms. The molecule has 1 aliphatic heterocycles. The van der Waals surface area contributed by atoms with Crippen LogP contribution in [-0.2, 0) is 11.3 Å². The van der Waals surface area contributed by atoms with Crippen LogP contribution in [0.1, 0.15) is 21.5 Å².